The molecular weight excluding hydrogens is 270 g/mol. The Kier molecular flexibility index (Phi) is 4.80. The number of hydrogen-bond donors (Lipinski definition) is 1. The Bertz CT molecular complexity index is 598. The number of hydrogen-bond acceptors (Lipinski definition) is 6. The molecule has 0 saturated heterocycles. The van der Waals surface area contributed by atoms with Gasteiger partial charge >= 0.3 is 0 Å². The molecule has 21 heavy (non-hydrogen) atoms. The molecule has 0 saturated carbocycles. The highest BCUT2D eigenvalue weighted by atomic mass is 16.5. The second-order valence-corrected chi connectivity index (χ2v) is 4.88. The van der Waals surface area contributed by atoms with Crippen LogP contribution in [0.2, 0.25) is 0 Å². The molecule has 0 aliphatic carbocycles. The van der Waals surface area contributed by atoms with E-state index in [1.165, 1.54) is 0 Å². The smallest absolute Gasteiger partial charge is 0.233 e. The van der Waals surface area contributed by atoms with Crippen LogP contribution in [-0.4, -0.2) is 24.4 Å². The maximum absolute atomic E-state index is 5.44. The molecule has 0 radical (unpaired) electrons. The topological polar surface area (TPSA) is 69.4 Å². The van der Waals surface area contributed by atoms with Gasteiger partial charge < -0.3 is 13.9 Å². The minimum atomic E-state index is -0.0481. The molecule has 0 bridgehead atoms. The number of nitrogens with zero attached hydrogens (tertiary/aromatic N) is 2. The fraction of sp³-hybridized carbons (Fsp3) is 0.467. The van der Waals surface area contributed by atoms with E-state index in [2.05, 4.69) is 22.4 Å². The lowest BCUT2D eigenvalue weighted by molar-refractivity contribution is 0.363. The maximum atomic E-state index is 5.44. The number of aromatic nitrogens is 2. The lowest BCUT2D eigenvalue weighted by Gasteiger charge is -2.20. The predicted molar refractivity (Wildman–Crippen MR) is 78.5 cm³/mol. The van der Waals surface area contributed by atoms with E-state index in [1.54, 1.807) is 21.1 Å². The molecule has 0 fully saturated rings. The van der Waals surface area contributed by atoms with Crippen LogP contribution in [0.25, 0.3) is 0 Å². The Labute approximate surface area is 124 Å². The molecule has 1 heterocycles. The molecule has 2 rings (SSSR count). The summed E-state index contributed by atoms with van der Waals surface area (Å²) in [5.41, 5.74) is 1.04. The minimum Gasteiger partial charge on any atom is -0.497 e. The van der Waals surface area contributed by atoms with Crippen LogP contribution in [0, 0.1) is 6.92 Å². The first kappa shape index (κ1) is 15.3. The highest BCUT2D eigenvalue weighted by Gasteiger charge is 2.18. The second kappa shape index (κ2) is 6.58. The average Bonchev–Trinajstić information content (AvgIpc) is 2.93. The SMILES string of the molecule is COc1ccc(C(C)NC(C)c2nnc(C)o2)c(OC)c1. The van der Waals surface area contributed by atoms with Crippen LogP contribution in [0.1, 0.15) is 43.3 Å². The fourth-order valence-electron chi connectivity index (χ4n) is 2.20. The van der Waals surface area contributed by atoms with Crippen molar-refractivity contribution in [3.8, 4) is 11.5 Å². The molecule has 6 heteroatoms. The van der Waals surface area contributed by atoms with Gasteiger partial charge in [0.05, 0.1) is 20.3 Å². The summed E-state index contributed by atoms with van der Waals surface area (Å²) in [5, 5.41) is 11.3. The van der Waals surface area contributed by atoms with Crippen LogP contribution >= 0.6 is 0 Å². The maximum Gasteiger partial charge on any atom is 0.233 e. The van der Waals surface area contributed by atoms with E-state index in [0.717, 1.165) is 17.1 Å². The van der Waals surface area contributed by atoms with E-state index in [0.29, 0.717) is 11.8 Å². The van der Waals surface area contributed by atoms with Gasteiger partial charge in [-0.1, -0.05) is 6.07 Å². The van der Waals surface area contributed by atoms with Gasteiger partial charge in [0.15, 0.2) is 0 Å². The number of aryl methyl sites for hydroxylation is 1. The zero-order valence-electron chi connectivity index (χ0n) is 13.0. The molecule has 1 aromatic carbocycles. The number of methoxy groups -OCH3 is 2. The van der Waals surface area contributed by atoms with Gasteiger partial charge in [-0.25, -0.2) is 0 Å². The van der Waals surface area contributed by atoms with Crippen molar-refractivity contribution in [3.63, 3.8) is 0 Å². The monoisotopic (exact) mass is 291 g/mol. The molecule has 0 aliphatic rings. The van der Waals surface area contributed by atoms with E-state index in [9.17, 15) is 0 Å². The van der Waals surface area contributed by atoms with Gasteiger partial charge in [0.1, 0.15) is 11.5 Å². The summed E-state index contributed by atoms with van der Waals surface area (Å²) in [5.74, 6) is 2.69. The third-order valence-electron chi connectivity index (χ3n) is 3.32. The van der Waals surface area contributed by atoms with Crippen molar-refractivity contribution in [2.24, 2.45) is 0 Å². The molecular formula is C15H21N3O3. The lowest BCUT2D eigenvalue weighted by atomic mass is 10.1. The molecule has 0 aliphatic heterocycles. The van der Waals surface area contributed by atoms with Crippen molar-refractivity contribution in [3.05, 3.63) is 35.5 Å². The van der Waals surface area contributed by atoms with Gasteiger partial charge in [0, 0.05) is 24.6 Å². The van der Waals surface area contributed by atoms with Crippen molar-refractivity contribution in [1.82, 2.24) is 15.5 Å². The first-order valence-electron chi connectivity index (χ1n) is 6.83. The molecule has 2 unspecified atom stereocenters. The van der Waals surface area contributed by atoms with Crippen LogP contribution in [0.15, 0.2) is 22.6 Å². The number of ether oxygens (including phenoxy) is 2. The summed E-state index contributed by atoms with van der Waals surface area (Å²) in [6, 6.07) is 5.79. The second-order valence-electron chi connectivity index (χ2n) is 4.88. The lowest BCUT2D eigenvalue weighted by Crippen LogP contribution is -2.23. The fourth-order valence-corrected chi connectivity index (χ4v) is 2.20. The molecule has 114 valence electrons. The molecule has 2 atom stereocenters. The largest absolute Gasteiger partial charge is 0.497 e. The summed E-state index contributed by atoms with van der Waals surface area (Å²) in [6.45, 7) is 5.82. The van der Waals surface area contributed by atoms with Crippen molar-refractivity contribution >= 4 is 0 Å². The Morgan fingerprint density at radius 2 is 1.86 bits per heavy atom. The highest BCUT2D eigenvalue weighted by Crippen LogP contribution is 2.30. The third kappa shape index (κ3) is 3.52. The summed E-state index contributed by atoms with van der Waals surface area (Å²) in [4.78, 5) is 0. The Morgan fingerprint density at radius 1 is 1.10 bits per heavy atom. The Morgan fingerprint density at radius 3 is 2.43 bits per heavy atom. The van der Waals surface area contributed by atoms with Crippen LogP contribution in [0.3, 0.4) is 0 Å². The molecule has 0 spiro atoms. The van der Waals surface area contributed by atoms with Gasteiger partial charge in [-0.15, -0.1) is 10.2 Å². The van der Waals surface area contributed by atoms with Gasteiger partial charge in [-0.3, -0.25) is 5.32 Å². The average molecular weight is 291 g/mol. The quantitative estimate of drug-likeness (QED) is 0.882. The van der Waals surface area contributed by atoms with Gasteiger partial charge in [-0.2, -0.15) is 0 Å². The van der Waals surface area contributed by atoms with Crippen molar-refractivity contribution in [2.75, 3.05) is 14.2 Å². The van der Waals surface area contributed by atoms with Crippen LogP contribution in [0.4, 0.5) is 0 Å². The van der Waals surface area contributed by atoms with E-state index >= 15 is 0 Å². The van der Waals surface area contributed by atoms with E-state index in [-0.39, 0.29) is 12.1 Å². The molecule has 1 aromatic heterocycles. The van der Waals surface area contributed by atoms with Crippen molar-refractivity contribution < 1.29 is 13.9 Å². The van der Waals surface area contributed by atoms with E-state index < -0.39 is 0 Å². The van der Waals surface area contributed by atoms with Crippen molar-refractivity contribution in [2.45, 2.75) is 32.9 Å². The van der Waals surface area contributed by atoms with Crippen LogP contribution < -0.4 is 14.8 Å². The third-order valence-corrected chi connectivity index (χ3v) is 3.32. The standard InChI is InChI=1S/C15H21N3O3/c1-9(16-10(2)15-18-17-11(3)21-15)13-7-6-12(19-4)8-14(13)20-5/h6-10,16H,1-5H3. The number of nitrogens with one attached hydrogen (secondary N) is 1. The zero-order valence-corrected chi connectivity index (χ0v) is 13.0. The summed E-state index contributed by atoms with van der Waals surface area (Å²) in [6.07, 6.45) is 0. The molecule has 6 nitrogen and oxygen atoms in total. The minimum absolute atomic E-state index is 0.0481. The normalized spacial score (nSPS) is 13.8. The van der Waals surface area contributed by atoms with Gasteiger partial charge in [0.25, 0.3) is 0 Å². The molecule has 0 amide bonds. The Hall–Kier alpha value is -2.08. The highest BCUT2D eigenvalue weighted by molar-refractivity contribution is 5.42. The molecule has 1 N–H and O–H groups in total. The molecule has 2 aromatic rings. The van der Waals surface area contributed by atoms with Crippen LogP contribution in [0.5, 0.6) is 11.5 Å². The predicted octanol–water partition coefficient (Wildman–Crippen LogP) is 2.81. The summed E-state index contributed by atoms with van der Waals surface area (Å²) in [7, 11) is 3.28. The van der Waals surface area contributed by atoms with E-state index in [4.69, 9.17) is 13.9 Å². The first-order chi connectivity index (χ1) is 10.0. The number of benzene rings is 1. The van der Waals surface area contributed by atoms with Gasteiger partial charge in [-0.05, 0) is 19.9 Å². The van der Waals surface area contributed by atoms with Crippen molar-refractivity contribution in [1.29, 1.82) is 0 Å². The summed E-state index contributed by atoms with van der Waals surface area (Å²) >= 11 is 0. The van der Waals surface area contributed by atoms with E-state index in [1.807, 2.05) is 25.1 Å². The Balaban J connectivity index is 2.14. The summed E-state index contributed by atoms with van der Waals surface area (Å²) < 4.78 is 16.1. The zero-order chi connectivity index (χ0) is 15.4. The number of rotatable bonds is 6. The van der Waals surface area contributed by atoms with Gasteiger partial charge in [0.2, 0.25) is 11.8 Å². The first-order valence-corrected chi connectivity index (χ1v) is 6.83. The van der Waals surface area contributed by atoms with Crippen LogP contribution in [-0.2, 0) is 0 Å².